The fourth-order valence-corrected chi connectivity index (χ4v) is 2.50. The summed E-state index contributed by atoms with van der Waals surface area (Å²) in [4.78, 5) is 23.5. The van der Waals surface area contributed by atoms with Gasteiger partial charge in [0.25, 0.3) is 0 Å². The van der Waals surface area contributed by atoms with Gasteiger partial charge in [-0.3, -0.25) is 9.59 Å². The SMILES string of the molecule is COc1cc(/C=N/NC(=O)CCC(=O)Nc2ccc(F)cc2)cc(Br)c1O. The number of benzene rings is 2. The number of phenolic OH excluding ortho intramolecular Hbond substituents is 1. The molecular weight excluding hydrogens is 421 g/mol. The lowest BCUT2D eigenvalue weighted by molar-refractivity contribution is -0.124. The van der Waals surface area contributed by atoms with Crippen molar-refractivity contribution < 1.29 is 23.8 Å². The van der Waals surface area contributed by atoms with Crippen LogP contribution in [0.1, 0.15) is 18.4 Å². The van der Waals surface area contributed by atoms with Gasteiger partial charge in [-0.2, -0.15) is 5.10 Å². The second-order valence-electron chi connectivity index (χ2n) is 5.40. The molecule has 0 atom stereocenters. The Morgan fingerprint density at radius 1 is 1.22 bits per heavy atom. The van der Waals surface area contributed by atoms with Crippen molar-refractivity contribution in [1.29, 1.82) is 0 Å². The summed E-state index contributed by atoms with van der Waals surface area (Å²) < 4.78 is 18.2. The molecule has 0 unspecified atom stereocenters. The summed E-state index contributed by atoms with van der Waals surface area (Å²) in [6.45, 7) is 0. The predicted octanol–water partition coefficient (Wildman–Crippen LogP) is 3.17. The van der Waals surface area contributed by atoms with Crippen molar-refractivity contribution in [1.82, 2.24) is 5.43 Å². The minimum absolute atomic E-state index is 0.0362. The lowest BCUT2D eigenvalue weighted by atomic mass is 10.2. The van der Waals surface area contributed by atoms with Crippen LogP contribution in [0.25, 0.3) is 0 Å². The van der Waals surface area contributed by atoms with Gasteiger partial charge in [-0.05, 0) is 57.9 Å². The number of carbonyl (C=O) groups excluding carboxylic acids is 2. The number of hydrogen-bond donors (Lipinski definition) is 3. The summed E-state index contributed by atoms with van der Waals surface area (Å²) in [5.41, 5.74) is 3.35. The number of anilines is 1. The molecule has 2 rings (SSSR count). The van der Waals surface area contributed by atoms with Crippen LogP contribution in [0.2, 0.25) is 0 Å². The molecule has 0 aromatic heterocycles. The van der Waals surface area contributed by atoms with Crippen LogP contribution < -0.4 is 15.5 Å². The summed E-state index contributed by atoms with van der Waals surface area (Å²) >= 11 is 3.19. The van der Waals surface area contributed by atoms with Gasteiger partial charge in [0, 0.05) is 18.5 Å². The molecule has 2 aromatic carbocycles. The Bertz CT molecular complexity index is 856. The van der Waals surface area contributed by atoms with E-state index < -0.39 is 11.7 Å². The average Bonchev–Trinajstić information content (AvgIpc) is 2.64. The van der Waals surface area contributed by atoms with Gasteiger partial charge in [0.05, 0.1) is 17.8 Å². The van der Waals surface area contributed by atoms with Crippen molar-refractivity contribution >= 4 is 39.6 Å². The summed E-state index contributed by atoms with van der Waals surface area (Å²) in [6, 6.07) is 8.47. The molecule has 0 radical (unpaired) electrons. The van der Waals surface area contributed by atoms with Crippen LogP contribution in [0.15, 0.2) is 46.0 Å². The minimum atomic E-state index is -0.440. The number of nitrogens with zero attached hydrogens (tertiary/aromatic N) is 1. The fraction of sp³-hybridized carbons (Fsp3) is 0.167. The van der Waals surface area contributed by atoms with Gasteiger partial charge in [0.15, 0.2) is 11.5 Å². The van der Waals surface area contributed by atoms with Crippen LogP contribution in [0.5, 0.6) is 11.5 Å². The normalized spacial score (nSPS) is 10.6. The third-order valence-corrected chi connectivity index (χ3v) is 3.99. The van der Waals surface area contributed by atoms with E-state index in [4.69, 9.17) is 4.74 Å². The number of aromatic hydroxyl groups is 1. The van der Waals surface area contributed by atoms with Crippen molar-refractivity contribution in [2.75, 3.05) is 12.4 Å². The first-order chi connectivity index (χ1) is 12.9. The third kappa shape index (κ3) is 6.37. The van der Waals surface area contributed by atoms with E-state index in [9.17, 15) is 19.1 Å². The van der Waals surface area contributed by atoms with Gasteiger partial charge in [0.1, 0.15) is 5.82 Å². The zero-order valence-corrected chi connectivity index (χ0v) is 15.9. The van der Waals surface area contributed by atoms with Gasteiger partial charge >= 0.3 is 0 Å². The Hall–Kier alpha value is -2.94. The summed E-state index contributed by atoms with van der Waals surface area (Å²) in [7, 11) is 1.42. The van der Waals surface area contributed by atoms with Gasteiger partial charge in [-0.25, -0.2) is 9.82 Å². The Morgan fingerprint density at radius 3 is 2.56 bits per heavy atom. The monoisotopic (exact) mass is 437 g/mol. The largest absolute Gasteiger partial charge is 0.503 e. The van der Waals surface area contributed by atoms with Gasteiger partial charge in [-0.1, -0.05) is 0 Å². The van der Waals surface area contributed by atoms with Gasteiger partial charge < -0.3 is 15.2 Å². The molecule has 9 heteroatoms. The van der Waals surface area contributed by atoms with Crippen LogP contribution in [-0.2, 0) is 9.59 Å². The van der Waals surface area contributed by atoms with Crippen molar-refractivity contribution in [2.45, 2.75) is 12.8 Å². The van der Waals surface area contributed by atoms with E-state index in [0.717, 1.165) is 0 Å². The predicted molar refractivity (Wildman–Crippen MR) is 102 cm³/mol. The second-order valence-corrected chi connectivity index (χ2v) is 6.26. The molecule has 142 valence electrons. The van der Waals surface area contributed by atoms with Crippen LogP contribution in [0, 0.1) is 5.82 Å². The number of phenols is 1. The van der Waals surface area contributed by atoms with Crippen LogP contribution in [0.3, 0.4) is 0 Å². The van der Waals surface area contributed by atoms with Crippen molar-refractivity contribution in [3.63, 3.8) is 0 Å². The number of rotatable bonds is 7. The number of hydrazone groups is 1. The van der Waals surface area contributed by atoms with E-state index in [2.05, 4.69) is 31.8 Å². The lowest BCUT2D eigenvalue weighted by Crippen LogP contribution is -2.20. The van der Waals surface area contributed by atoms with E-state index in [1.165, 1.54) is 37.6 Å². The number of carbonyl (C=O) groups is 2. The summed E-state index contributed by atoms with van der Waals surface area (Å²) in [6.07, 6.45) is 1.27. The summed E-state index contributed by atoms with van der Waals surface area (Å²) in [5.74, 6) is -0.984. The first kappa shape index (κ1) is 20.4. The van der Waals surface area contributed by atoms with Crippen molar-refractivity contribution in [3.8, 4) is 11.5 Å². The van der Waals surface area contributed by atoms with Crippen molar-refractivity contribution in [2.24, 2.45) is 5.10 Å². The molecule has 2 amide bonds. The molecule has 0 saturated carbocycles. The lowest BCUT2D eigenvalue weighted by Gasteiger charge is -2.06. The van der Waals surface area contributed by atoms with E-state index >= 15 is 0 Å². The molecule has 0 bridgehead atoms. The highest BCUT2D eigenvalue weighted by Crippen LogP contribution is 2.34. The second kappa shape index (κ2) is 9.67. The topological polar surface area (TPSA) is 100 Å². The minimum Gasteiger partial charge on any atom is -0.503 e. The first-order valence-corrected chi connectivity index (χ1v) is 8.62. The van der Waals surface area contributed by atoms with E-state index in [1.807, 2.05) is 0 Å². The molecule has 2 aromatic rings. The highest BCUT2D eigenvalue weighted by atomic mass is 79.9. The van der Waals surface area contributed by atoms with Gasteiger partial charge in [0.2, 0.25) is 11.8 Å². The maximum Gasteiger partial charge on any atom is 0.240 e. The Morgan fingerprint density at radius 2 is 1.89 bits per heavy atom. The molecule has 0 aliphatic heterocycles. The number of amides is 2. The molecular formula is C18H17BrFN3O4. The highest BCUT2D eigenvalue weighted by Gasteiger charge is 2.09. The van der Waals surface area contributed by atoms with Crippen LogP contribution in [-0.4, -0.2) is 30.2 Å². The summed E-state index contributed by atoms with van der Waals surface area (Å²) in [5, 5.41) is 16.1. The van der Waals surface area contributed by atoms with Crippen molar-refractivity contribution in [3.05, 3.63) is 52.3 Å². The Balaban J connectivity index is 1.80. The smallest absolute Gasteiger partial charge is 0.240 e. The molecule has 0 aliphatic carbocycles. The zero-order chi connectivity index (χ0) is 19.8. The fourth-order valence-electron chi connectivity index (χ4n) is 2.04. The first-order valence-electron chi connectivity index (χ1n) is 7.83. The highest BCUT2D eigenvalue weighted by molar-refractivity contribution is 9.10. The van der Waals surface area contributed by atoms with E-state index in [-0.39, 0.29) is 30.2 Å². The molecule has 0 fully saturated rings. The molecule has 3 N–H and O–H groups in total. The molecule has 0 spiro atoms. The number of hydrogen-bond acceptors (Lipinski definition) is 5. The van der Waals surface area contributed by atoms with Crippen LogP contribution >= 0.6 is 15.9 Å². The maximum atomic E-state index is 12.8. The van der Waals surface area contributed by atoms with Crippen LogP contribution in [0.4, 0.5) is 10.1 Å². The quantitative estimate of drug-likeness (QED) is 0.457. The number of halogens is 2. The Labute approximate surface area is 163 Å². The average molecular weight is 438 g/mol. The molecule has 0 heterocycles. The molecule has 7 nitrogen and oxygen atoms in total. The standard InChI is InChI=1S/C18H17BrFN3O4/c1-27-15-9-11(8-14(19)18(15)26)10-21-23-17(25)7-6-16(24)22-13-4-2-12(20)3-5-13/h2-5,8-10,26H,6-7H2,1H3,(H,22,24)(H,23,25)/b21-10+. The number of methoxy groups -OCH3 is 1. The van der Waals surface area contributed by atoms with E-state index in [1.54, 1.807) is 12.1 Å². The van der Waals surface area contributed by atoms with Gasteiger partial charge in [-0.15, -0.1) is 0 Å². The zero-order valence-electron chi connectivity index (χ0n) is 14.3. The maximum absolute atomic E-state index is 12.8. The molecule has 27 heavy (non-hydrogen) atoms. The molecule has 0 saturated heterocycles. The number of nitrogens with one attached hydrogen (secondary N) is 2. The van der Waals surface area contributed by atoms with E-state index in [0.29, 0.717) is 15.7 Å². The molecule has 0 aliphatic rings. The number of ether oxygens (including phenoxy) is 1. The Kier molecular flexibility index (Phi) is 7.30. The third-order valence-electron chi connectivity index (χ3n) is 3.38.